The summed E-state index contributed by atoms with van der Waals surface area (Å²) in [7, 11) is 0. The van der Waals surface area contributed by atoms with Crippen molar-refractivity contribution < 1.29 is 9.59 Å². The second-order valence-corrected chi connectivity index (χ2v) is 4.26. The van der Waals surface area contributed by atoms with Gasteiger partial charge in [-0.25, -0.2) is 0 Å². The molecule has 0 unspecified atom stereocenters. The highest BCUT2D eigenvalue weighted by Crippen LogP contribution is 2.51. The third-order valence-corrected chi connectivity index (χ3v) is 3.38. The molecule has 1 aliphatic carbocycles. The number of fused-ring (bicyclic) bond motifs is 1. The lowest BCUT2D eigenvalue weighted by Gasteiger charge is -2.27. The van der Waals surface area contributed by atoms with Crippen LogP contribution in [0.2, 0.25) is 0 Å². The Morgan fingerprint density at radius 3 is 2.69 bits per heavy atom. The molecule has 0 aromatic carbocycles. The predicted molar refractivity (Wildman–Crippen MR) is 45.7 cm³/mol. The van der Waals surface area contributed by atoms with E-state index in [0.29, 0.717) is 13.0 Å². The molecule has 0 N–H and O–H groups in total. The number of rotatable bonds is 0. The molecule has 3 nitrogen and oxygen atoms in total. The zero-order valence-electron chi connectivity index (χ0n) is 7.38. The molecular weight excluding hydrogens is 166 g/mol. The van der Waals surface area contributed by atoms with Gasteiger partial charge in [0.05, 0.1) is 5.41 Å². The highest BCUT2D eigenvalue weighted by atomic mass is 16.2. The molecule has 3 heteroatoms. The first-order valence-electron chi connectivity index (χ1n) is 4.77. The number of allylic oxidation sites excluding steroid dienone is 2. The average Bonchev–Trinajstić information content (AvgIpc) is 2.80. The molecule has 1 amide bonds. The standard InChI is InChI=1S/C10H11NO2/c12-8-5-7-1-2-9(13)11(7)6-10(8)3-4-10/h5H,1-4,6H2. The molecule has 0 radical (unpaired) electrons. The Balaban J connectivity index is 2.01. The van der Waals surface area contributed by atoms with Gasteiger partial charge in [0.1, 0.15) is 0 Å². The molecule has 0 atom stereocenters. The molecule has 13 heavy (non-hydrogen) atoms. The number of carbonyl (C=O) groups excluding carboxylic acids is 2. The first kappa shape index (κ1) is 7.30. The Morgan fingerprint density at radius 1 is 1.23 bits per heavy atom. The Bertz CT molecular complexity index is 339. The largest absolute Gasteiger partial charge is 0.315 e. The van der Waals surface area contributed by atoms with E-state index >= 15 is 0 Å². The van der Waals surface area contributed by atoms with Gasteiger partial charge in [-0.15, -0.1) is 0 Å². The SMILES string of the molecule is O=C1CCC2=CC(=O)C3(CC3)CN12. The molecule has 68 valence electrons. The van der Waals surface area contributed by atoms with Crippen LogP contribution in [-0.4, -0.2) is 23.1 Å². The van der Waals surface area contributed by atoms with Crippen molar-refractivity contribution in [2.45, 2.75) is 25.7 Å². The number of hydrogen-bond donors (Lipinski definition) is 0. The molecule has 1 saturated carbocycles. The molecule has 3 rings (SSSR count). The van der Waals surface area contributed by atoms with Gasteiger partial charge in [0.15, 0.2) is 5.78 Å². The van der Waals surface area contributed by atoms with Crippen LogP contribution < -0.4 is 0 Å². The maximum Gasteiger partial charge on any atom is 0.227 e. The fourth-order valence-electron chi connectivity index (χ4n) is 2.25. The van der Waals surface area contributed by atoms with Gasteiger partial charge in [0, 0.05) is 24.7 Å². The van der Waals surface area contributed by atoms with Crippen molar-refractivity contribution in [3.05, 3.63) is 11.8 Å². The van der Waals surface area contributed by atoms with Gasteiger partial charge in [-0.05, 0) is 19.3 Å². The first-order valence-corrected chi connectivity index (χ1v) is 4.77. The fourth-order valence-corrected chi connectivity index (χ4v) is 2.25. The molecule has 2 fully saturated rings. The van der Waals surface area contributed by atoms with E-state index < -0.39 is 0 Å². The van der Waals surface area contributed by atoms with Crippen molar-refractivity contribution in [1.29, 1.82) is 0 Å². The fraction of sp³-hybridized carbons (Fsp3) is 0.600. The lowest BCUT2D eigenvalue weighted by molar-refractivity contribution is -0.129. The Morgan fingerprint density at radius 2 is 2.00 bits per heavy atom. The number of nitrogens with zero attached hydrogens (tertiary/aromatic N) is 1. The van der Waals surface area contributed by atoms with Crippen LogP contribution in [0.25, 0.3) is 0 Å². The number of hydrogen-bond acceptors (Lipinski definition) is 2. The second kappa shape index (κ2) is 2.03. The van der Waals surface area contributed by atoms with Gasteiger partial charge in [-0.3, -0.25) is 9.59 Å². The molecule has 1 saturated heterocycles. The average molecular weight is 177 g/mol. The molecule has 1 spiro atoms. The Hall–Kier alpha value is -1.12. The Labute approximate surface area is 76.4 Å². The van der Waals surface area contributed by atoms with Gasteiger partial charge < -0.3 is 4.90 Å². The third kappa shape index (κ3) is 0.844. The van der Waals surface area contributed by atoms with Crippen molar-refractivity contribution in [3.8, 4) is 0 Å². The molecule has 2 heterocycles. The number of amides is 1. The van der Waals surface area contributed by atoms with Crippen LogP contribution in [0.15, 0.2) is 11.8 Å². The molecule has 0 aromatic rings. The van der Waals surface area contributed by atoms with Crippen molar-refractivity contribution in [2.75, 3.05) is 6.54 Å². The summed E-state index contributed by atoms with van der Waals surface area (Å²) in [5, 5.41) is 0. The second-order valence-electron chi connectivity index (χ2n) is 4.26. The minimum atomic E-state index is -0.149. The van der Waals surface area contributed by atoms with Gasteiger partial charge in [-0.2, -0.15) is 0 Å². The van der Waals surface area contributed by atoms with Gasteiger partial charge in [0.2, 0.25) is 5.91 Å². The summed E-state index contributed by atoms with van der Waals surface area (Å²) in [4.78, 5) is 24.8. The van der Waals surface area contributed by atoms with E-state index in [0.717, 1.165) is 25.0 Å². The number of carbonyl (C=O) groups is 2. The minimum absolute atomic E-state index is 0.149. The van der Waals surface area contributed by atoms with E-state index in [1.807, 2.05) is 4.90 Å². The van der Waals surface area contributed by atoms with E-state index in [4.69, 9.17) is 0 Å². The highest BCUT2D eigenvalue weighted by molar-refractivity contribution is 6.00. The quantitative estimate of drug-likeness (QED) is 0.550. The van der Waals surface area contributed by atoms with Gasteiger partial charge in [0.25, 0.3) is 0 Å². The Kier molecular flexibility index (Phi) is 1.14. The zero-order valence-corrected chi connectivity index (χ0v) is 7.38. The van der Waals surface area contributed by atoms with Crippen molar-refractivity contribution in [3.63, 3.8) is 0 Å². The van der Waals surface area contributed by atoms with Crippen LogP contribution in [0.1, 0.15) is 25.7 Å². The smallest absolute Gasteiger partial charge is 0.227 e. The maximum absolute atomic E-state index is 11.6. The van der Waals surface area contributed by atoms with E-state index in [9.17, 15) is 9.59 Å². The van der Waals surface area contributed by atoms with Crippen LogP contribution in [0, 0.1) is 5.41 Å². The van der Waals surface area contributed by atoms with Crippen LogP contribution >= 0.6 is 0 Å². The van der Waals surface area contributed by atoms with Crippen molar-refractivity contribution >= 4 is 11.7 Å². The molecule has 0 bridgehead atoms. The third-order valence-electron chi connectivity index (χ3n) is 3.38. The van der Waals surface area contributed by atoms with E-state index in [2.05, 4.69) is 0 Å². The summed E-state index contributed by atoms with van der Waals surface area (Å²) in [6.07, 6.45) is 5.00. The molecule has 0 aromatic heterocycles. The number of ketones is 1. The zero-order chi connectivity index (χ0) is 9.05. The molecule has 3 aliphatic rings. The van der Waals surface area contributed by atoms with Crippen molar-refractivity contribution in [1.82, 2.24) is 4.90 Å². The van der Waals surface area contributed by atoms with E-state index in [1.54, 1.807) is 6.08 Å². The van der Waals surface area contributed by atoms with Crippen LogP contribution in [0.4, 0.5) is 0 Å². The summed E-state index contributed by atoms with van der Waals surface area (Å²) < 4.78 is 0. The summed E-state index contributed by atoms with van der Waals surface area (Å²) in [5.41, 5.74) is 0.802. The first-order chi connectivity index (χ1) is 6.21. The van der Waals surface area contributed by atoms with E-state index in [-0.39, 0.29) is 17.1 Å². The lowest BCUT2D eigenvalue weighted by Crippen LogP contribution is -2.38. The summed E-state index contributed by atoms with van der Waals surface area (Å²) in [5.74, 6) is 0.457. The topological polar surface area (TPSA) is 37.4 Å². The minimum Gasteiger partial charge on any atom is -0.315 e. The normalized spacial score (nSPS) is 29.2. The monoisotopic (exact) mass is 177 g/mol. The predicted octanol–water partition coefficient (Wildman–Crippen LogP) is 0.856. The van der Waals surface area contributed by atoms with Gasteiger partial charge in [-0.1, -0.05) is 0 Å². The van der Waals surface area contributed by atoms with Gasteiger partial charge >= 0.3 is 0 Å². The van der Waals surface area contributed by atoms with E-state index in [1.165, 1.54) is 0 Å². The molecule has 2 aliphatic heterocycles. The lowest BCUT2D eigenvalue weighted by atomic mass is 9.95. The summed E-state index contributed by atoms with van der Waals surface area (Å²) in [6, 6.07) is 0. The van der Waals surface area contributed by atoms with Crippen molar-refractivity contribution in [2.24, 2.45) is 5.41 Å². The van der Waals surface area contributed by atoms with Crippen LogP contribution in [-0.2, 0) is 9.59 Å². The van der Waals surface area contributed by atoms with Crippen LogP contribution in [0.5, 0.6) is 0 Å². The highest BCUT2D eigenvalue weighted by Gasteiger charge is 2.53. The summed E-state index contributed by atoms with van der Waals surface area (Å²) >= 11 is 0. The summed E-state index contributed by atoms with van der Waals surface area (Å²) in [6.45, 7) is 0.663. The maximum atomic E-state index is 11.6. The van der Waals surface area contributed by atoms with Crippen LogP contribution in [0.3, 0.4) is 0 Å². The molecular formula is C10H11NO2.